The molecule has 1 aliphatic heterocycles. The van der Waals surface area contributed by atoms with Gasteiger partial charge >= 0.3 is 6.09 Å². The Morgan fingerprint density at radius 3 is 2.64 bits per heavy atom. The molecule has 1 amide bonds. The smallest absolute Gasteiger partial charge is 0.410 e. The molecule has 3 nitrogen and oxygen atoms in total. The number of ether oxygens (including phenoxy) is 1. The van der Waals surface area contributed by atoms with E-state index in [0.29, 0.717) is 0 Å². The Balaban J connectivity index is 2.75. The van der Waals surface area contributed by atoms with Crippen molar-refractivity contribution >= 4 is 6.09 Å². The topological polar surface area (TPSA) is 29.5 Å². The highest BCUT2D eigenvalue weighted by Gasteiger charge is 2.36. The summed E-state index contributed by atoms with van der Waals surface area (Å²) in [5.74, 6) is 0. The Hall–Kier alpha value is -0.730. The maximum absolute atomic E-state index is 11.1. The van der Waals surface area contributed by atoms with Gasteiger partial charge in [-0.05, 0) is 20.8 Å². The second-order valence-corrected chi connectivity index (χ2v) is 3.77. The van der Waals surface area contributed by atoms with Crippen LogP contribution in [0.4, 0.5) is 4.79 Å². The van der Waals surface area contributed by atoms with E-state index in [0.717, 1.165) is 6.42 Å². The molecule has 0 aromatic heterocycles. The van der Waals surface area contributed by atoms with Crippen LogP contribution in [0.25, 0.3) is 0 Å². The van der Waals surface area contributed by atoms with Crippen LogP contribution in [0.3, 0.4) is 0 Å². The first-order valence-corrected chi connectivity index (χ1v) is 3.88. The van der Waals surface area contributed by atoms with Gasteiger partial charge in [0.15, 0.2) is 0 Å². The maximum Gasteiger partial charge on any atom is 0.410 e. The van der Waals surface area contributed by atoms with Gasteiger partial charge in [-0.25, -0.2) is 4.79 Å². The molecule has 64 valence electrons. The number of amides is 1. The molecule has 3 heteroatoms. The Bertz CT molecular complexity index is 177. The molecule has 11 heavy (non-hydrogen) atoms. The van der Waals surface area contributed by atoms with Crippen LogP contribution >= 0.6 is 0 Å². The van der Waals surface area contributed by atoms with Crippen LogP contribution in [-0.4, -0.2) is 29.7 Å². The van der Waals surface area contributed by atoms with Crippen molar-refractivity contribution in [2.45, 2.75) is 38.8 Å². The van der Waals surface area contributed by atoms with Gasteiger partial charge in [-0.15, -0.1) is 0 Å². The van der Waals surface area contributed by atoms with E-state index in [2.05, 4.69) is 0 Å². The summed E-state index contributed by atoms with van der Waals surface area (Å²) < 4.78 is 5.02. The first kappa shape index (κ1) is 8.37. The second kappa shape index (κ2) is 2.40. The van der Waals surface area contributed by atoms with Crippen molar-refractivity contribution in [3.8, 4) is 0 Å². The molecule has 1 saturated heterocycles. The molecule has 1 fully saturated rings. The minimum Gasteiger partial charge on any atom is -0.446 e. The zero-order valence-corrected chi connectivity index (χ0v) is 7.55. The summed E-state index contributed by atoms with van der Waals surface area (Å²) in [5, 5.41) is 0. The predicted molar refractivity (Wildman–Crippen MR) is 42.4 cm³/mol. The quantitative estimate of drug-likeness (QED) is 0.534. The molecule has 1 atom stereocenters. The fourth-order valence-corrected chi connectivity index (χ4v) is 1.38. The zero-order chi connectivity index (χ0) is 8.65. The number of hydrogen-bond donors (Lipinski definition) is 0. The molecule has 1 aliphatic rings. The lowest BCUT2D eigenvalue weighted by molar-refractivity contribution is -0.0129. The molecule has 1 unspecified atom stereocenters. The number of hydrogen-bond acceptors (Lipinski definition) is 2. The fraction of sp³-hybridized carbons (Fsp3) is 0.875. The molecule has 0 aliphatic carbocycles. The first-order valence-electron chi connectivity index (χ1n) is 3.88. The predicted octanol–water partition coefficient (Wildman–Crippen LogP) is 1.63. The average molecular weight is 157 g/mol. The highest BCUT2D eigenvalue weighted by Crippen LogP contribution is 2.26. The van der Waals surface area contributed by atoms with Gasteiger partial charge in [0.1, 0.15) is 6.10 Å². The van der Waals surface area contributed by atoms with Crippen LogP contribution in [0.15, 0.2) is 0 Å². The van der Waals surface area contributed by atoms with E-state index in [-0.39, 0.29) is 17.7 Å². The van der Waals surface area contributed by atoms with Gasteiger partial charge < -0.3 is 9.64 Å². The van der Waals surface area contributed by atoms with Gasteiger partial charge in [-0.3, -0.25) is 0 Å². The molecule has 0 saturated carbocycles. The Morgan fingerprint density at radius 1 is 1.64 bits per heavy atom. The van der Waals surface area contributed by atoms with Crippen molar-refractivity contribution in [2.75, 3.05) is 7.05 Å². The third-order valence-corrected chi connectivity index (χ3v) is 2.27. The van der Waals surface area contributed by atoms with E-state index < -0.39 is 0 Å². The normalized spacial score (nSPS) is 30.0. The van der Waals surface area contributed by atoms with E-state index in [1.165, 1.54) is 0 Å². The van der Waals surface area contributed by atoms with Crippen molar-refractivity contribution in [1.29, 1.82) is 0 Å². The van der Waals surface area contributed by atoms with E-state index in [1.807, 2.05) is 20.8 Å². The lowest BCUT2D eigenvalue weighted by Gasteiger charge is -2.41. The van der Waals surface area contributed by atoms with Crippen molar-refractivity contribution in [2.24, 2.45) is 0 Å². The molecular weight excluding hydrogens is 142 g/mol. The van der Waals surface area contributed by atoms with Gasteiger partial charge in [0.2, 0.25) is 0 Å². The summed E-state index contributed by atoms with van der Waals surface area (Å²) in [6.07, 6.45) is 0.734. The van der Waals surface area contributed by atoms with Crippen LogP contribution < -0.4 is 0 Å². The minimum absolute atomic E-state index is 0.0497. The summed E-state index contributed by atoms with van der Waals surface area (Å²) >= 11 is 0. The summed E-state index contributed by atoms with van der Waals surface area (Å²) in [5.41, 5.74) is -0.0608. The molecule has 0 N–H and O–H groups in total. The molecule has 0 bridgehead atoms. The van der Waals surface area contributed by atoms with Gasteiger partial charge in [-0.2, -0.15) is 0 Å². The van der Waals surface area contributed by atoms with Crippen LogP contribution in [0.5, 0.6) is 0 Å². The van der Waals surface area contributed by atoms with Crippen LogP contribution in [0.1, 0.15) is 27.2 Å². The molecule has 0 spiro atoms. The maximum atomic E-state index is 11.1. The van der Waals surface area contributed by atoms with Crippen LogP contribution in [-0.2, 0) is 4.74 Å². The van der Waals surface area contributed by atoms with Gasteiger partial charge in [-0.1, -0.05) is 0 Å². The number of nitrogens with zero attached hydrogens (tertiary/aromatic N) is 1. The molecule has 1 rings (SSSR count). The van der Waals surface area contributed by atoms with E-state index in [9.17, 15) is 4.79 Å². The van der Waals surface area contributed by atoms with Crippen molar-refractivity contribution in [3.63, 3.8) is 0 Å². The highest BCUT2D eigenvalue weighted by atomic mass is 16.6. The molecular formula is C8H15NO2. The SMILES string of the molecule is CC1CC(C)(C)N(C)C(=O)O1. The van der Waals surface area contributed by atoms with E-state index in [4.69, 9.17) is 4.74 Å². The zero-order valence-electron chi connectivity index (χ0n) is 7.55. The summed E-state index contributed by atoms with van der Waals surface area (Å²) in [7, 11) is 1.77. The van der Waals surface area contributed by atoms with Crippen molar-refractivity contribution in [3.05, 3.63) is 0 Å². The molecule has 0 aromatic rings. The number of carbonyl (C=O) groups excluding carboxylic acids is 1. The lowest BCUT2D eigenvalue weighted by Crippen LogP contribution is -2.52. The third-order valence-electron chi connectivity index (χ3n) is 2.27. The lowest BCUT2D eigenvalue weighted by atomic mass is 9.94. The number of cyclic esters (lactones) is 1. The van der Waals surface area contributed by atoms with Gasteiger partial charge in [0, 0.05) is 19.0 Å². The number of carbonyl (C=O) groups is 1. The minimum atomic E-state index is -0.214. The second-order valence-electron chi connectivity index (χ2n) is 3.77. The standard InChI is InChI=1S/C8H15NO2/c1-6-5-8(2,3)9(4)7(10)11-6/h6H,5H2,1-4H3. The summed E-state index contributed by atoms with van der Waals surface area (Å²) in [6, 6.07) is 0. The Kier molecular flexibility index (Phi) is 1.82. The van der Waals surface area contributed by atoms with Gasteiger partial charge in [0.25, 0.3) is 0 Å². The summed E-state index contributed by atoms with van der Waals surface area (Å²) in [6.45, 7) is 6.01. The van der Waals surface area contributed by atoms with Crippen molar-refractivity contribution in [1.82, 2.24) is 4.90 Å². The molecule has 0 radical (unpaired) electrons. The van der Waals surface area contributed by atoms with Gasteiger partial charge in [0.05, 0.1) is 0 Å². The summed E-state index contributed by atoms with van der Waals surface area (Å²) in [4.78, 5) is 12.8. The fourth-order valence-electron chi connectivity index (χ4n) is 1.38. The molecule has 1 heterocycles. The number of rotatable bonds is 0. The van der Waals surface area contributed by atoms with E-state index in [1.54, 1.807) is 11.9 Å². The van der Waals surface area contributed by atoms with Crippen molar-refractivity contribution < 1.29 is 9.53 Å². The monoisotopic (exact) mass is 157 g/mol. The first-order chi connectivity index (χ1) is 4.93. The van der Waals surface area contributed by atoms with E-state index >= 15 is 0 Å². The third kappa shape index (κ3) is 1.47. The van der Waals surface area contributed by atoms with Crippen LogP contribution in [0, 0.1) is 0 Å². The largest absolute Gasteiger partial charge is 0.446 e. The molecule has 0 aromatic carbocycles. The Morgan fingerprint density at radius 2 is 2.18 bits per heavy atom. The van der Waals surface area contributed by atoms with Crippen LogP contribution in [0.2, 0.25) is 0 Å². The Labute approximate surface area is 67.3 Å². The average Bonchev–Trinajstić information content (AvgIpc) is 1.81. The highest BCUT2D eigenvalue weighted by molar-refractivity contribution is 5.69.